The second kappa shape index (κ2) is 9.42. The number of amides is 3. The maximum atomic E-state index is 12.9. The Morgan fingerprint density at radius 2 is 1.72 bits per heavy atom. The van der Waals surface area contributed by atoms with Crippen molar-refractivity contribution in [2.75, 3.05) is 6.54 Å². The van der Waals surface area contributed by atoms with Crippen molar-refractivity contribution in [3.8, 4) is 11.3 Å². The molecule has 4 rings (SSSR count). The van der Waals surface area contributed by atoms with Crippen LogP contribution < -0.4 is 10.9 Å². The van der Waals surface area contributed by atoms with Crippen LogP contribution in [-0.2, 0) is 4.79 Å². The highest BCUT2D eigenvalue weighted by Gasteiger charge is 2.35. The summed E-state index contributed by atoms with van der Waals surface area (Å²) in [5.41, 5.74) is 6.72. The number of nitrogens with zero attached hydrogens (tertiary/aromatic N) is 2. The molecule has 0 bridgehead atoms. The Labute approximate surface area is 193 Å². The summed E-state index contributed by atoms with van der Waals surface area (Å²) in [6, 6.07) is 14.8. The highest BCUT2D eigenvalue weighted by molar-refractivity contribution is 6.35. The lowest BCUT2D eigenvalue weighted by molar-refractivity contribution is -0.125. The van der Waals surface area contributed by atoms with Gasteiger partial charge in [0.1, 0.15) is 11.7 Å². The zero-order valence-corrected chi connectivity index (χ0v) is 18.3. The number of nitrogens with one attached hydrogen (secondary N) is 3. The molecular weight excluding hydrogens is 453 g/mol. The zero-order chi connectivity index (χ0) is 22.7. The van der Waals surface area contributed by atoms with Crippen molar-refractivity contribution in [2.24, 2.45) is 0 Å². The fourth-order valence-electron chi connectivity index (χ4n) is 3.59. The predicted molar refractivity (Wildman–Crippen MR) is 120 cm³/mol. The van der Waals surface area contributed by atoms with Crippen molar-refractivity contribution in [3.05, 3.63) is 75.9 Å². The van der Waals surface area contributed by atoms with Crippen LogP contribution in [0.15, 0.2) is 54.6 Å². The van der Waals surface area contributed by atoms with E-state index in [9.17, 15) is 14.4 Å². The third-order valence-electron chi connectivity index (χ3n) is 5.12. The average Bonchev–Trinajstić information content (AvgIpc) is 3.47. The normalized spacial score (nSPS) is 15.4. The number of aromatic amines is 1. The van der Waals surface area contributed by atoms with Crippen molar-refractivity contribution >= 4 is 40.9 Å². The van der Waals surface area contributed by atoms with E-state index >= 15 is 0 Å². The summed E-state index contributed by atoms with van der Waals surface area (Å²) >= 11 is 12.0. The number of rotatable bonds is 4. The van der Waals surface area contributed by atoms with Gasteiger partial charge in [0.2, 0.25) is 0 Å². The number of hydrazine groups is 1. The second-order valence-corrected chi connectivity index (χ2v) is 8.16. The van der Waals surface area contributed by atoms with Gasteiger partial charge in [-0.05, 0) is 37.1 Å². The molecule has 3 N–H and O–H groups in total. The van der Waals surface area contributed by atoms with Gasteiger partial charge in [-0.15, -0.1) is 0 Å². The van der Waals surface area contributed by atoms with Crippen molar-refractivity contribution in [3.63, 3.8) is 0 Å². The van der Waals surface area contributed by atoms with Crippen LogP contribution in [0.25, 0.3) is 11.3 Å². The van der Waals surface area contributed by atoms with Crippen LogP contribution in [0.3, 0.4) is 0 Å². The lowest BCUT2D eigenvalue weighted by atomic mass is 10.1. The highest BCUT2D eigenvalue weighted by Crippen LogP contribution is 2.24. The number of likely N-dealkylation sites (tertiary alicyclic amines) is 1. The van der Waals surface area contributed by atoms with Crippen LogP contribution in [0.1, 0.15) is 33.7 Å². The van der Waals surface area contributed by atoms with Gasteiger partial charge in [0.25, 0.3) is 17.7 Å². The maximum absolute atomic E-state index is 12.9. The Morgan fingerprint density at radius 1 is 1.00 bits per heavy atom. The molecule has 10 heteroatoms. The van der Waals surface area contributed by atoms with E-state index in [-0.39, 0.29) is 11.6 Å². The van der Waals surface area contributed by atoms with Crippen LogP contribution in [0.2, 0.25) is 10.0 Å². The molecular formula is C22H19Cl2N5O3. The molecule has 32 heavy (non-hydrogen) atoms. The molecule has 0 radical (unpaired) electrons. The molecule has 2 aromatic carbocycles. The average molecular weight is 472 g/mol. The van der Waals surface area contributed by atoms with Crippen molar-refractivity contribution < 1.29 is 14.4 Å². The number of H-pyrrole nitrogens is 1. The van der Waals surface area contributed by atoms with E-state index in [0.717, 1.165) is 5.56 Å². The Morgan fingerprint density at radius 3 is 2.44 bits per heavy atom. The van der Waals surface area contributed by atoms with Crippen molar-refractivity contribution in [2.45, 2.75) is 18.9 Å². The maximum Gasteiger partial charge on any atom is 0.287 e. The quantitative estimate of drug-likeness (QED) is 0.506. The van der Waals surface area contributed by atoms with Crippen LogP contribution >= 0.6 is 23.2 Å². The van der Waals surface area contributed by atoms with Gasteiger partial charge in [0.15, 0.2) is 0 Å². The Kier molecular flexibility index (Phi) is 6.43. The molecule has 1 unspecified atom stereocenters. The number of hydrogen-bond acceptors (Lipinski definition) is 4. The van der Waals surface area contributed by atoms with E-state index in [4.69, 9.17) is 23.2 Å². The number of halogens is 2. The summed E-state index contributed by atoms with van der Waals surface area (Å²) < 4.78 is 0. The molecule has 3 aromatic rings. The third kappa shape index (κ3) is 4.76. The molecule has 0 aliphatic carbocycles. The highest BCUT2D eigenvalue weighted by atomic mass is 35.5. The minimum Gasteiger partial charge on any atom is -0.327 e. The smallest absolute Gasteiger partial charge is 0.287 e. The summed E-state index contributed by atoms with van der Waals surface area (Å²) in [6.07, 6.45) is 1.14. The number of carbonyl (C=O) groups is 3. The number of aromatic nitrogens is 2. The van der Waals surface area contributed by atoms with Gasteiger partial charge < -0.3 is 4.90 Å². The van der Waals surface area contributed by atoms with Gasteiger partial charge >= 0.3 is 0 Å². The van der Waals surface area contributed by atoms with E-state index in [1.54, 1.807) is 6.07 Å². The molecule has 1 aliphatic heterocycles. The Balaban J connectivity index is 1.38. The fraction of sp³-hybridized carbons (Fsp3) is 0.182. The first-order valence-electron chi connectivity index (χ1n) is 9.90. The summed E-state index contributed by atoms with van der Waals surface area (Å²) in [4.78, 5) is 39.4. The van der Waals surface area contributed by atoms with Crippen molar-refractivity contribution in [1.82, 2.24) is 25.9 Å². The molecule has 164 valence electrons. The lowest BCUT2D eigenvalue weighted by Gasteiger charge is -2.24. The van der Waals surface area contributed by atoms with Crippen LogP contribution in [0.5, 0.6) is 0 Å². The van der Waals surface area contributed by atoms with Gasteiger partial charge in [-0.25, -0.2) is 0 Å². The second-order valence-electron chi connectivity index (χ2n) is 7.29. The van der Waals surface area contributed by atoms with Gasteiger partial charge in [-0.2, -0.15) is 5.10 Å². The fourth-order valence-corrected chi connectivity index (χ4v) is 4.12. The SMILES string of the molecule is O=C(NNC(=O)C1CCCN1C(=O)c1cc(Cl)cc(Cl)c1)c1cc(-c2ccccc2)n[nH]1. The third-order valence-corrected chi connectivity index (χ3v) is 5.55. The monoisotopic (exact) mass is 471 g/mol. The van der Waals surface area contributed by atoms with E-state index in [1.807, 2.05) is 30.3 Å². The zero-order valence-electron chi connectivity index (χ0n) is 16.8. The van der Waals surface area contributed by atoms with Crippen LogP contribution in [0, 0.1) is 0 Å². The predicted octanol–water partition coefficient (Wildman–Crippen LogP) is 3.45. The van der Waals surface area contributed by atoms with Gasteiger partial charge in [-0.1, -0.05) is 53.5 Å². The molecule has 0 spiro atoms. The minimum absolute atomic E-state index is 0.192. The number of benzene rings is 2. The Bertz CT molecular complexity index is 1150. The summed E-state index contributed by atoms with van der Waals surface area (Å²) in [5.74, 6) is -1.38. The molecule has 2 heterocycles. The summed E-state index contributed by atoms with van der Waals surface area (Å²) in [7, 11) is 0. The molecule has 1 atom stereocenters. The van der Waals surface area contributed by atoms with Gasteiger partial charge in [-0.3, -0.25) is 30.3 Å². The van der Waals surface area contributed by atoms with Crippen molar-refractivity contribution in [1.29, 1.82) is 0 Å². The molecule has 1 aromatic heterocycles. The lowest BCUT2D eigenvalue weighted by Crippen LogP contribution is -2.51. The van der Waals surface area contributed by atoms with E-state index in [1.165, 1.54) is 23.1 Å². The van der Waals surface area contributed by atoms with E-state index in [0.29, 0.717) is 40.7 Å². The largest absolute Gasteiger partial charge is 0.327 e. The molecule has 8 nitrogen and oxygen atoms in total. The molecule has 1 fully saturated rings. The molecule has 1 aliphatic rings. The van der Waals surface area contributed by atoms with Gasteiger partial charge in [0.05, 0.1) is 5.69 Å². The number of carbonyl (C=O) groups excluding carboxylic acids is 3. The van der Waals surface area contributed by atoms with E-state index < -0.39 is 17.9 Å². The topological polar surface area (TPSA) is 107 Å². The summed E-state index contributed by atoms with van der Waals surface area (Å²) in [5, 5.41) is 7.45. The van der Waals surface area contributed by atoms with Crippen LogP contribution in [-0.4, -0.2) is 45.4 Å². The minimum atomic E-state index is -0.720. The first-order chi connectivity index (χ1) is 15.4. The first-order valence-corrected chi connectivity index (χ1v) is 10.7. The molecule has 1 saturated heterocycles. The molecule has 3 amide bonds. The molecule has 0 saturated carbocycles. The number of hydrogen-bond donors (Lipinski definition) is 3. The van der Waals surface area contributed by atoms with Crippen LogP contribution in [0.4, 0.5) is 0 Å². The summed E-state index contributed by atoms with van der Waals surface area (Å²) in [6.45, 7) is 0.413. The van der Waals surface area contributed by atoms with E-state index in [2.05, 4.69) is 21.0 Å². The Hall–Kier alpha value is -3.36. The van der Waals surface area contributed by atoms with Gasteiger partial charge in [0, 0.05) is 27.7 Å². The first kappa shape index (κ1) is 21.9. The standard InChI is InChI=1S/C22H19Cl2N5O3/c23-15-9-14(10-16(24)11-15)22(32)29-8-4-7-19(29)21(31)28-27-20(30)18-12-17(25-26-18)13-5-2-1-3-6-13/h1-3,5-6,9-12,19H,4,7-8H2,(H,25,26)(H,27,30)(H,28,31).